The van der Waals surface area contributed by atoms with Crippen molar-refractivity contribution in [3.63, 3.8) is 0 Å². The minimum atomic E-state index is 0.0158. The molecular weight excluding hydrogens is 483 g/mol. The molecule has 6 nitrogen and oxygen atoms in total. The van der Waals surface area contributed by atoms with Gasteiger partial charge in [-0.05, 0) is 48.0 Å². The average molecular weight is 509 g/mol. The van der Waals surface area contributed by atoms with Gasteiger partial charge in [0.05, 0.1) is 33.9 Å². The Balaban J connectivity index is 1.36. The second-order valence-electron chi connectivity index (χ2n) is 8.67. The van der Waals surface area contributed by atoms with Gasteiger partial charge in [-0.15, -0.1) is 0 Å². The van der Waals surface area contributed by atoms with E-state index in [0.717, 1.165) is 47.5 Å². The van der Waals surface area contributed by atoms with E-state index in [9.17, 15) is 4.79 Å². The molecule has 1 saturated heterocycles. The predicted molar refractivity (Wildman–Crippen MR) is 142 cm³/mol. The van der Waals surface area contributed by atoms with Gasteiger partial charge in [-0.3, -0.25) is 9.69 Å². The highest BCUT2D eigenvalue weighted by molar-refractivity contribution is 6.42. The standard InChI is InChI=1S/C27H26Cl2N4O2/c1-35-20-8-6-19(7-9-20)33-17-22(21-3-2-4-25(30)26(21)33)27(34)32-13-11-31(12-14-32)16-18-5-10-23(28)24(29)15-18/h2-10,15,17H,11-14,16,30H2,1H3. The fraction of sp³-hybridized carbons (Fsp3) is 0.222. The lowest BCUT2D eigenvalue weighted by atomic mass is 10.1. The normalized spacial score (nSPS) is 14.4. The number of nitrogens with two attached hydrogens (primary N) is 1. The highest BCUT2D eigenvalue weighted by Crippen LogP contribution is 2.31. The summed E-state index contributed by atoms with van der Waals surface area (Å²) in [6, 6.07) is 19.1. The van der Waals surface area contributed by atoms with Crippen molar-refractivity contribution < 1.29 is 9.53 Å². The van der Waals surface area contributed by atoms with Crippen LogP contribution in [0, 0.1) is 0 Å². The molecule has 35 heavy (non-hydrogen) atoms. The third-order valence-corrected chi connectivity index (χ3v) is 7.23. The molecule has 1 aliphatic heterocycles. The van der Waals surface area contributed by atoms with Gasteiger partial charge < -0.3 is 19.9 Å². The number of para-hydroxylation sites is 1. The van der Waals surface area contributed by atoms with Gasteiger partial charge in [0.25, 0.3) is 5.91 Å². The second kappa shape index (κ2) is 9.82. The monoisotopic (exact) mass is 508 g/mol. The maximum Gasteiger partial charge on any atom is 0.256 e. The Bertz CT molecular complexity index is 1380. The Labute approximate surface area is 214 Å². The van der Waals surface area contributed by atoms with Crippen molar-refractivity contribution in [1.29, 1.82) is 0 Å². The minimum Gasteiger partial charge on any atom is -0.497 e. The highest BCUT2D eigenvalue weighted by atomic mass is 35.5. The largest absolute Gasteiger partial charge is 0.497 e. The van der Waals surface area contributed by atoms with Crippen LogP contribution in [0.15, 0.2) is 66.9 Å². The van der Waals surface area contributed by atoms with Crippen LogP contribution >= 0.6 is 23.2 Å². The Morgan fingerprint density at radius 3 is 2.40 bits per heavy atom. The van der Waals surface area contributed by atoms with Gasteiger partial charge in [0, 0.05) is 50.0 Å². The number of aromatic nitrogens is 1. The number of halogens is 2. The molecule has 0 atom stereocenters. The molecule has 0 unspecified atom stereocenters. The smallest absolute Gasteiger partial charge is 0.256 e. The molecule has 1 aromatic heterocycles. The van der Waals surface area contributed by atoms with Crippen LogP contribution in [0.4, 0.5) is 5.69 Å². The van der Waals surface area contributed by atoms with E-state index in [4.69, 9.17) is 33.7 Å². The number of benzene rings is 3. The number of hydrogen-bond donors (Lipinski definition) is 1. The zero-order valence-corrected chi connectivity index (χ0v) is 20.9. The van der Waals surface area contributed by atoms with Crippen LogP contribution in [-0.2, 0) is 6.54 Å². The molecule has 1 aliphatic rings. The number of fused-ring (bicyclic) bond motifs is 1. The number of carbonyl (C=O) groups excluding carboxylic acids is 1. The van der Waals surface area contributed by atoms with Gasteiger partial charge >= 0.3 is 0 Å². The summed E-state index contributed by atoms with van der Waals surface area (Å²) in [5.74, 6) is 0.787. The number of rotatable bonds is 5. The summed E-state index contributed by atoms with van der Waals surface area (Å²) in [6.07, 6.45) is 1.90. The molecule has 0 saturated carbocycles. The van der Waals surface area contributed by atoms with Crippen LogP contribution in [0.1, 0.15) is 15.9 Å². The maximum absolute atomic E-state index is 13.6. The summed E-state index contributed by atoms with van der Waals surface area (Å²) in [5.41, 5.74) is 10.5. The molecule has 0 bridgehead atoms. The Morgan fingerprint density at radius 1 is 0.971 bits per heavy atom. The summed E-state index contributed by atoms with van der Waals surface area (Å²) >= 11 is 12.2. The lowest BCUT2D eigenvalue weighted by molar-refractivity contribution is 0.0630. The van der Waals surface area contributed by atoms with Crippen LogP contribution in [-0.4, -0.2) is 53.6 Å². The molecule has 8 heteroatoms. The lowest BCUT2D eigenvalue weighted by Crippen LogP contribution is -2.48. The molecule has 0 aliphatic carbocycles. The van der Waals surface area contributed by atoms with E-state index >= 15 is 0 Å². The van der Waals surface area contributed by atoms with Crippen molar-refractivity contribution in [2.75, 3.05) is 39.0 Å². The molecule has 2 N–H and O–H groups in total. The van der Waals surface area contributed by atoms with E-state index in [1.54, 1.807) is 7.11 Å². The van der Waals surface area contributed by atoms with Crippen molar-refractivity contribution in [1.82, 2.24) is 14.4 Å². The van der Waals surface area contributed by atoms with Crippen LogP contribution in [0.3, 0.4) is 0 Å². The van der Waals surface area contributed by atoms with Crippen molar-refractivity contribution in [3.8, 4) is 11.4 Å². The van der Waals surface area contributed by atoms with E-state index in [1.165, 1.54) is 0 Å². The summed E-state index contributed by atoms with van der Waals surface area (Å²) in [4.78, 5) is 17.9. The van der Waals surface area contributed by atoms with E-state index in [1.807, 2.05) is 76.3 Å². The first kappa shape index (κ1) is 23.5. The fourth-order valence-electron chi connectivity index (χ4n) is 4.60. The van der Waals surface area contributed by atoms with E-state index in [0.29, 0.717) is 34.4 Å². The molecular formula is C27H26Cl2N4O2. The van der Waals surface area contributed by atoms with Crippen LogP contribution in [0.2, 0.25) is 10.0 Å². The summed E-state index contributed by atoms with van der Waals surface area (Å²) in [7, 11) is 1.64. The number of nitrogen functional groups attached to an aromatic ring is 1. The highest BCUT2D eigenvalue weighted by Gasteiger charge is 2.26. The first-order chi connectivity index (χ1) is 16.9. The van der Waals surface area contributed by atoms with Crippen molar-refractivity contribution in [2.24, 2.45) is 0 Å². The third-order valence-electron chi connectivity index (χ3n) is 6.49. The average Bonchev–Trinajstić information content (AvgIpc) is 3.27. The number of anilines is 1. The number of piperazine rings is 1. The third kappa shape index (κ3) is 4.69. The molecule has 2 heterocycles. The number of hydrogen-bond acceptors (Lipinski definition) is 4. The van der Waals surface area contributed by atoms with E-state index in [-0.39, 0.29) is 5.91 Å². The van der Waals surface area contributed by atoms with Gasteiger partial charge in [0.2, 0.25) is 0 Å². The fourth-order valence-corrected chi connectivity index (χ4v) is 4.92. The topological polar surface area (TPSA) is 63.7 Å². The number of carbonyl (C=O) groups is 1. The summed E-state index contributed by atoms with van der Waals surface area (Å²) < 4.78 is 7.27. The molecule has 0 spiro atoms. The Hall–Kier alpha value is -3.19. The molecule has 4 aromatic rings. The lowest BCUT2D eigenvalue weighted by Gasteiger charge is -2.34. The summed E-state index contributed by atoms with van der Waals surface area (Å²) in [6.45, 7) is 3.64. The van der Waals surface area contributed by atoms with Crippen LogP contribution in [0.25, 0.3) is 16.6 Å². The van der Waals surface area contributed by atoms with Crippen LogP contribution in [0.5, 0.6) is 5.75 Å². The number of amides is 1. The SMILES string of the molecule is COc1ccc(-n2cc(C(=O)N3CCN(Cc4ccc(Cl)c(Cl)c4)CC3)c3cccc(N)c32)cc1. The molecule has 0 radical (unpaired) electrons. The van der Waals surface area contributed by atoms with Gasteiger partial charge in [0.15, 0.2) is 0 Å². The molecule has 180 valence electrons. The summed E-state index contributed by atoms with van der Waals surface area (Å²) in [5, 5.41) is 1.97. The minimum absolute atomic E-state index is 0.0158. The van der Waals surface area contributed by atoms with Crippen molar-refractivity contribution >= 4 is 45.7 Å². The van der Waals surface area contributed by atoms with Crippen LogP contribution < -0.4 is 10.5 Å². The van der Waals surface area contributed by atoms with E-state index < -0.39 is 0 Å². The van der Waals surface area contributed by atoms with Gasteiger partial charge in [0.1, 0.15) is 5.75 Å². The maximum atomic E-state index is 13.6. The number of ether oxygens (including phenoxy) is 1. The zero-order chi connectivity index (χ0) is 24.5. The first-order valence-corrected chi connectivity index (χ1v) is 12.2. The predicted octanol–water partition coefficient (Wildman–Crippen LogP) is 5.49. The zero-order valence-electron chi connectivity index (χ0n) is 19.4. The first-order valence-electron chi connectivity index (χ1n) is 11.4. The second-order valence-corrected chi connectivity index (χ2v) is 9.49. The van der Waals surface area contributed by atoms with Crippen molar-refractivity contribution in [2.45, 2.75) is 6.54 Å². The molecule has 5 rings (SSSR count). The van der Waals surface area contributed by atoms with E-state index in [2.05, 4.69) is 4.90 Å². The van der Waals surface area contributed by atoms with Gasteiger partial charge in [-0.25, -0.2) is 0 Å². The number of methoxy groups -OCH3 is 1. The molecule has 3 aromatic carbocycles. The Kier molecular flexibility index (Phi) is 6.60. The quantitative estimate of drug-likeness (QED) is 0.362. The van der Waals surface area contributed by atoms with Gasteiger partial charge in [-0.2, -0.15) is 0 Å². The molecule has 1 fully saturated rings. The number of nitrogens with zero attached hydrogens (tertiary/aromatic N) is 3. The molecule has 1 amide bonds. The van der Waals surface area contributed by atoms with Crippen molar-refractivity contribution in [3.05, 3.63) is 88.0 Å². The Morgan fingerprint density at radius 2 is 1.71 bits per heavy atom. The van der Waals surface area contributed by atoms with Gasteiger partial charge in [-0.1, -0.05) is 41.4 Å².